The number of rotatable bonds is 2. The van der Waals surface area contributed by atoms with Crippen molar-refractivity contribution in [2.45, 2.75) is 39.5 Å². The minimum Gasteiger partial charge on any atom is -0.399 e. The Balaban J connectivity index is 2.30. The van der Waals surface area contributed by atoms with Crippen LogP contribution in [-0.4, -0.2) is 9.97 Å². The molecule has 2 N–H and O–H groups in total. The summed E-state index contributed by atoms with van der Waals surface area (Å²) in [4.78, 5) is 9.20. The van der Waals surface area contributed by atoms with E-state index in [1.54, 1.807) is 0 Å². The van der Waals surface area contributed by atoms with Crippen LogP contribution >= 0.6 is 0 Å². The summed E-state index contributed by atoms with van der Waals surface area (Å²) in [6, 6.07) is 9.94. The maximum atomic E-state index is 5.69. The normalized spacial score (nSPS) is 11.6. The minimum absolute atomic E-state index is 0.0452. The smallest absolute Gasteiger partial charge is 0.133 e. The fourth-order valence-electron chi connectivity index (χ4n) is 1.91. The van der Waals surface area contributed by atoms with Crippen LogP contribution in [0.2, 0.25) is 0 Å². The van der Waals surface area contributed by atoms with Crippen LogP contribution in [0.25, 0.3) is 0 Å². The first kappa shape index (κ1) is 13.5. The average Bonchev–Trinajstić information content (AvgIpc) is 2.30. The van der Waals surface area contributed by atoms with Gasteiger partial charge in [0.15, 0.2) is 0 Å². The van der Waals surface area contributed by atoms with E-state index in [1.807, 2.05) is 31.2 Å². The lowest BCUT2D eigenvalue weighted by Gasteiger charge is -2.18. The lowest BCUT2D eigenvalue weighted by Crippen LogP contribution is -2.16. The first-order chi connectivity index (χ1) is 8.84. The van der Waals surface area contributed by atoms with Gasteiger partial charge in [0.2, 0.25) is 0 Å². The number of hydrogen-bond acceptors (Lipinski definition) is 3. The molecule has 1 aromatic carbocycles. The Morgan fingerprint density at radius 2 is 1.68 bits per heavy atom. The molecule has 0 radical (unpaired) electrons. The summed E-state index contributed by atoms with van der Waals surface area (Å²) in [5, 5.41) is 0. The van der Waals surface area contributed by atoms with Crippen LogP contribution in [0.5, 0.6) is 0 Å². The highest BCUT2D eigenvalue weighted by Gasteiger charge is 2.17. The Kier molecular flexibility index (Phi) is 3.56. The summed E-state index contributed by atoms with van der Waals surface area (Å²) < 4.78 is 0. The number of aromatic nitrogens is 2. The quantitative estimate of drug-likeness (QED) is 0.838. The van der Waals surface area contributed by atoms with Crippen molar-refractivity contribution in [1.82, 2.24) is 9.97 Å². The van der Waals surface area contributed by atoms with Crippen molar-refractivity contribution < 1.29 is 0 Å². The second-order valence-corrected chi connectivity index (χ2v) is 5.98. The fraction of sp³-hybridized carbons (Fsp3) is 0.375. The lowest BCUT2D eigenvalue weighted by atomic mass is 9.91. The SMILES string of the molecule is Cc1cc(C(C)(C)C)nc(Cc2ccc(N)cc2)n1. The van der Waals surface area contributed by atoms with Gasteiger partial charge in [-0.1, -0.05) is 32.9 Å². The predicted octanol–water partition coefficient (Wildman–Crippen LogP) is 3.26. The largest absolute Gasteiger partial charge is 0.399 e. The maximum absolute atomic E-state index is 5.69. The van der Waals surface area contributed by atoms with Crippen LogP contribution in [0.15, 0.2) is 30.3 Å². The van der Waals surface area contributed by atoms with E-state index < -0.39 is 0 Å². The second-order valence-electron chi connectivity index (χ2n) is 5.98. The molecular weight excluding hydrogens is 234 g/mol. The van der Waals surface area contributed by atoms with Crippen LogP contribution in [0.4, 0.5) is 5.69 Å². The molecule has 0 amide bonds. The highest BCUT2D eigenvalue weighted by Crippen LogP contribution is 2.21. The van der Waals surface area contributed by atoms with E-state index in [1.165, 1.54) is 5.56 Å². The molecule has 0 aliphatic rings. The number of nitrogen functional groups attached to an aromatic ring is 1. The Hall–Kier alpha value is -1.90. The van der Waals surface area contributed by atoms with Gasteiger partial charge in [-0.05, 0) is 30.7 Å². The van der Waals surface area contributed by atoms with Crippen molar-refractivity contribution in [1.29, 1.82) is 0 Å². The van der Waals surface area contributed by atoms with E-state index in [4.69, 9.17) is 5.73 Å². The average molecular weight is 255 g/mol. The zero-order chi connectivity index (χ0) is 14.0. The Labute approximate surface area is 114 Å². The Bertz CT molecular complexity index is 566. The van der Waals surface area contributed by atoms with E-state index in [2.05, 4.69) is 36.8 Å². The van der Waals surface area contributed by atoms with Crippen LogP contribution in [0, 0.1) is 6.92 Å². The first-order valence-electron chi connectivity index (χ1n) is 6.54. The van der Waals surface area contributed by atoms with Gasteiger partial charge in [-0.25, -0.2) is 9.97 Å². The van der Waals surface area contributed by atoms with E-state index in [9.17, 15) is 0 Å². The summed E-state index contributed by atoms with van der Waals surface area (Å²) in [5.41, 5.74) is 9.81. The van der Waals surface area contributed by atoms with Crippen LogP contribution in [-0.2, 0) is 11.8 Å². The van der Waals surface area contributed by atoms with Gasteiger partial charge < -0.3 is 5.73 Å². The molecular formula is C16H21N3. The summed E-state index contributed by atoms with van der Waals surface area (Å²) in [7, 11) is 0. The third-order valence-electron chi connectivity index (χ3n) is 3.01. The van der Waals surface area contributed by atoms with Gasteiger partial charge in [0.05, 0.1) is 0 Å². The minimum atomic E-state index is 0.0452. The highest BCUT2D eigenvalue weighted by molar-refractivity contribution is 5.40. The molecule has 0 aliphatic heterocycles. The van der Waals surface area contributed by atoms with Crippen molar-refractivity contribution >= 4 is 5.69 Å². The lowest BCUT2D eigenvalue weighted by molar-refractivity contribution is 0.561. The Morgan fingerprint density at radius 1 is 1.05 bits per heavy atom. The zero-order valence-corrected chi connectivity index (χ0v) is 12.1. The van der Waals surface area contributed by atoms with Gasteiger partial charge in [0.25, 0.3) is 0 Å². The van der Waals surface area contributed by atoms with Gasteiger partial charge in [-0.3, -0.25) is 0 Å². The highest BCUT2D eigenvalue weighted by atomic mass is 14.9. The number of aryl methyl sites for hydroxylation is 1. The van der Waals surface area contributed by atoms with E-state index >= 15 is 0 Å². The molecule has 0 spiro atoms. The van der Waals surface area contributed by atoms with E-state index in [-0.39, 0.29) is 5.41 Å². The number of benzene rings is 1. The summed E-state index contributed by atoms with van der Waals surface area (Å²) in [6.45, 7) is 8.52. The molecule has 0 unspecified atom stereocenters. The van der Waals surface area contributed by atoms with Crippen LogP contribution in [0.3, 0.4) is 0 Å². The monoisotopic (exact) mass is 255 g/mol. The van der Waals surface area contributed by atoms with Gasteiger partial charge in [0.1, 0.15) is 5.82 Å². The van der Waals surface area contributed by atoms with Crippen molar-refractivity contribution in [2.24, 2.45) is 0 Å². The topological polar surface area (TPSA) is 51.8 Å². The Morgan fingerprint density at radius 3 is 2.26 bits per heavy atom. The molecule has 1 heterocycles. The first-order valence-corrected chi connectivity index (χ1v) is 6.54. The maximum Gasteiger partial charge on any atom is 0.133 e. The summed E-state index contributed by atoms with van der Waals surface area (Å²) in [6.07, 6.45) is 0.741. The standard InChI is InChI=1S/C16H21N3/c1-11-9-14(16(2,3)4)19-15(18-11)10-12-5-7-13(17)8-6-12/h5-9H,10,17H2,1-4H3. The molecule has 0 saturated heterocycles. The van der Waals surface area contributed by atoms with Crippen molar-refractivity contribution in [2.75, 3.05) is 5.73 Å². The van der Waals surface area contributed by atoms with Gasteiger partial charge in [-0.15, -0.1) is 0 Å². The summed E-state index contributed by atoms with van der Waals surface area (Å²) >= 11 is 0. The molecule has 0 aliphatic carbocycles. The summed E-state index contributed by atoms with van der Waals surface area (Å²) in [5.74, 6) is 0.870. The predicted molar refractivity (Wildman–Crippen MR) is 79.1 cm³/mol. The molecule has 19 heavy (non-hydrogen) atoms. The number of anilines is 1. The number of nitrogens with zero attached hydrogens (tertiary/aromatic N) is 2. The van der Waals surface area contributed by atoms with Gasteiger partial charge in [0, 0.05) is 28.9 Å². The van der Waals surface area contributed by atoms with Crippen molar-refractivity contribution in [3.8, 4) is 0 Å². The molecule has 0 saturated carbocycles. The van der Waals surface area contributed by atoms with E-state index in [0.29, 0.717) is 0 Å². The third-order valence-corrected chi connectivity index (χ3v) is 3.01. The second kappa shape index (κ2) is 5.00. The van der Waals surface area contributed by atoms with Crippen molar-refractivity contribution in [3.63, 3.8) is 0 Å². The molecule has 0 fully saturated rings. The van der Waals surface area contributed by atoms with Gasteiger partial charge in [-0.2, -0.15) is 0 Å². The zero-order valence-electron chi connectivity index (χ0n) is 12.1. The molecule has 2 rings (SSSR count). The molecule has 100 valence electrons. The van der Waals surface area contributed by atoms with Crippen LogP contribution in [0.1, 0.15) is 43.5 Å². The fourth-order valence-corrected chi connectivity index (χ4v) is 1.91. The van der Waals surface area contributed by atoms with Crippen molar-refractivity contribution in [3.05, 3.63) is 53.1 Å². The van der Waals surface area contributed by atoms with Gasteiger partial charge >= 0.3 is 0 Å². The molecule has 0 bridgehead atoms. The third kappa shape index (κ3) is 3.53. The molecule has 3 heteroatoms. The number of nitrogens with two attached hydrogens (primary N) is 1. The number of hydrogen-bond donors (Lipinski definition) is 1. The molecule has 1 aromatic heterocycles. The molecule has 2 aromatic rings. The van der Waals surface area contributed by atoms with E-state index in [0.717, 1.165) is 29.3 Å². The molecule has 3 nitrogen and oxygen atoms in total. The van der Waals surface area contributed by atoms with Crippen LogP contribution < -0.4 is 5.73 Å². The molecule has 0 atom stereocenters.